The van der Waals surface area contributed by atoms with E-state index >= 15 is 0 Å². The average Bonchev–Trinajstić information content (AvgIpc) is 2.47. The summed E-state index contributed by atoms with van der Waals surface area (Å²) in [4.78, 5) is 0.246. The fourth-order valence-electron chi connectivity index (χ4n) is 2.35. The third-order valence-corrected chi connectivity index (χ3v) is 5.55. The van der Waals surface area contributed by atoms with E-state index in [0.717, 1.165) is 12.8 Å². The number of benzene rings is 1. The summed E-state index contributed by atoms with van der Waals surface area (Å²) < 4.78 is 37.5. The lowest BCUT2D eigenvalue weighted by Gasteiger charge is -2.26. The molecule has 0 spiro atoms. The molecule has 0 amide bonds. The Morgan fingerprint density at radius 2 is 1.75 bits per heavy atom. The molecule has 20 heavy (non-hydrogen) atoms. The molecule has 1 aromatic rings. The minimum absolute atomic E-state index is 0.00759. The molecular formula is C14H21NO4S. The molecule has 5 nitrogen and oxygen atoms in total. The van der Waals surface area contributed by atoms with Crippen molar-refractivity contribution in [3.8, 4) is 11.5 Å². The monoisotopic (exact) mass is 299 g/mol. The number of fused-ring (bicyclic) bond motifs is 1. The summed E-state index contributed by atoms with van der Waals surface area (Å²) in [6.07, 6.45) is 1.58. The molecule has 0 saturated carbocycles. The Morgan fingerprint density at radius 3 is 2.35 bits per heavy atom. The van der Waals surface area contributed by atoms with Crippen molar-refractivity contribution in [1.82, 2.24) is 4.31 Å². The van der Waals surface area contributed by atoms with Gasteiger partial charge in [0.25, 0.3) is 0 Å². The first-order valence-corrected chi connectivity index (χ1v) is 8.32. The molecule has 0 saturated heterocycles. The van der Waals surface area contributed by atoms with Gasteiger partial charge in [-0.3, -0.25) is 0 Å². The maximum Gasteiger partial charge on any atom is 0.243 e. The van der Waals surface area contributed by atoms with Crippen molar-refractivity contribution in [3.05, 3.63) is 18.2 Å². The van der Waals surface area contributed by atoms with Crippen LogP contribution < -0.4 is 9.47 Å². The van der Waals surface area contributed by atoms with Gasteiger partial charge >= 0.3 is 0 Å². The van der Waals surface area contributed by atoms with Gasteiger partial charge in [0.2, 0.25) is 10.0 Å². The summed E-state index contributed by atoms with van der Waals surface area (Å²) in [5.74, 6) is 1.09. The van der Waals surface area contributed by atoms with E-state index in [1.54, 1.807) is 25.2 Å². The van der Waals surface area contributed by atoms with Gasteiger partial charge < -0.3 is 9.47 Å². The summed E-state index contributed by atoms with van der Waals surface area (Å²) in [7, 11) is -1.87. The van der Waals surface area contributed by atoms with Crippen molar-refractivity contribution in [2.24, 2.45) is 0 Å². The van der Waals surface area contributed by atoms with Crippen molar-refractivity contribution in [1.29, 1.82) is 0 Å². The molecule has 0 radical (unpaired) electrons. The Hall–Kier alpha value is -1.27. The van der Waals surface area contributed by atoms with Crippen molar-refractivity contribution < 1.29 is 17.9 Å². The van der Waals surface area contributed by atoms with Crippen molar-refractivity contribution in [3.63, 3.8) is 0 Å². The first-order valence-electron chi connectivity index (χ1n) is 6.88. The molecule has 0 N–H and O–H groups in total. The number of rotatable bonds is 5. The summed E-state index contributed by atoms with van der Waals surface area (Å²) in [6, 6.07) is 4.78. The lowest BCUT2D eigenvalue weighted by Crippen LogP contribution is -2.36. The standard InChI is InChI=1S/C14H21NO4S/c1-4-11(5-2)15(3)20(16,17)12-6-7-13-14(10-12)19-9-8-18-13/h6-7,10-11H,4-5,8-9H2,1-3H3. The predicted octanol–water partition coefficient (Wildman–Crippen LogP) is 2.27. The van der Waals surface area contributed by atoms with E-state index in [9.17, 15) is 8.42 Å². The number of nitrogens with zero attached hydrogens (tertiary/aromatic N) is 1. The highest BCUT2D eigenvalue weighted by atomic mass is 32.2. The van der Waals surface area contributed by atoms with Crippen LogP contribution in [-0.2, 0) is 10.0 Å². The minimum atomic E-state index is -3.50. The van der Waals surface area contributed by atoms with E-state index in [1.807, 2.05) is 13.8 Å². The molecule has 0 atom stereocenters. The van der Waals surface area contributed by atoms with Gasteiger partial charge in [-0.05, 0) is 25.0 Å². The molecule has 2 rings (SSSR count). The van der Waals surface area contributed by atoms with Crippen molar-refractivity contribution >= 4 is 10.0 Å². The summed E-state index contributed by atoms with van der Waals surface area (Å²) in [6.45, 7) is 4.92. The zero-order chi connectivity index (χ0) is 14.8. The number of sulfonamides is 1. The van der Waals surface area contributed by atoms with Crippen LogP contribution in [-0.4, -0.2) is 39.0 Å². The summed E-state index contributed by atoms with van der Waals surface area (Å²) >= 11 is 0. The van der Waals surface area contributed by atoms with Gasteiger partial charge in [0.15, 0.2) is 11.5 Å². The molecule has 6 heteroatoms. The molecule has 0 fully saturated rings. The first-order chi connectivity index (χ1) is 9.50. The van der Waals surface area contributed by atoms with Crippen LogP contribution in [0.25, 0.3) is 0 Å². The topological polar surface area (TPSA) is 55.8 Å². The zero-order valence-corrected chi connectivity index (χ0v) is 12.9. The van der Waals surface area contributed by atoms with Crippen LogP contribution >= 0.6 is 0 Å². The quantitative estimate of drug-likeness (QED) is 0.837. The molecule has 0 aromatic heterocycles. The van der Waals surface area contributed by atoms with Gasteiger partial charge in [0.1, 0.15) is 13.2 Å². The van der Waals surface area contributed by atoms with Crippen LogP contribution in [0.3, 0.4) is 0 Å². The van der Waals surface area contributed by atoms with Gasteiger partial charge in [0.05, 0.1) is 4.90 Å². The van der Waals surface area contributed by atoms with Crippen LogP contribution in [0.15, 0.2) is 23.1 Å². The molecule has 1 aliphatic rings. The Kier molecular flexibility index (Phi) is 4.55. The van der Waals surface area contributed by atoms with Gasteiger partial charge in [-0.25, -0.2) is 8.42 Å². The lowest BCUT2D eigenvalue weighted by molar-refractivity contribution is 0.171. The Bertz CT molecular complexity index is 567. The summed E-state index contributed by atoms with van der Waals surface area (Å²) in [5, 5.41) is 0. The van der Waals surface area contributed by atoms with Crippen LogP contribution in [0.5, 0.6) is 11.5 Å². The largest absolute Gasteiger partial charge is 0.486 e. The fraction of sp³-hybridized carbons (Fsp3) is 0.571. The highest BCUT2D eigenvalue weighted by molar-refractivity contribution is 7.89. The Balaban J connectivity index is 2.34. The van der Waals surface area contributed by atoms with Gasteiger partial charge in [-0.15, -0.1) is 0 Å². The fourth-order valence-corrected chi connectivity index (χ4v) is 3.87. The second kappa shape index (κ2) is 6.01. The Labute approximate surface area is 120 Å². The van der Waals surface area contributed by atoms with Gasteiger partial charge in [-0.1, -0.05) is 13.8 Å². The zero-order valence-electron chi connectivity index (χ0n) is 12.1. The summed E-state index contributed by atoms with van der Waals surface area (Å²) in [5.41, 5.74) is 0. The predicted molar refractivity (Wildman–Crippen MR) is 76.8 cm³/mol. The van der Waals surface area contributed by atoms with E-state index in [0.29, 0.717) is 24.7 Å². The minimum Gasteiger partial charge on any atom is -0.486 e. The lowest BCUT2D eigenvalue weighted by atomic mass is 10.2. The second-order valence-corrected chi connectivity index (χ2v) is 6.79. The van der Waals surface area contributed by atoms with Crippen LogP contribution in [0, 0.1) is 0 Å². The number of ether oxygens (including phenoxy) is 2. The molecule has 1 aromatic carbocycles. The van der Waals surface area contributed by atoms with Crippen LogP contribution in [0.1, 0.15) is 26.7 Å². The highest BCUT2D eigenvalue weighted by Gasteiger charge is 2.27. The van der Waals surface area contributed by atoms with E-state index in [-0.39, 0.29) is 10.9 Å². The molecule has 112 valence electrons. The molecule has 1 aliphatic heterocycles. The maximum absolute atomic E-state index is 12.6. The van der Waals surface area contributed by atoms with E-state index in [1.165, 1.54) is 4.31 Å². The van der Waals surface area contributed by atoms with Crippen molar-refractivity contribution in [2.45, 2.75) is 37.6 Å². The third kappa shape index (κ3) is 2.76. The SMILES string of the molecule is CCC(CC)N(C)S(=O)(=O)c1ccc2c(c1)OCCO2. The average molecular weight is 299 g/mol. The molecule has 0 unspecified atom stereocenters. The molecular weight excluding hydrogens is 278 g/mol. The van der Waals surface area contributed by atoms with Gasteiger partial charge in [0, 0.05) is 19.2 Å². The normalized spacial score (nSPS) is 14.8. The van der Waals surface area contributed by atoms with Crippen molar-refractivity contribution in [2.75, 3.05) is 20.3 Å². The van der Waals surface area contributed by atoms with E-state index in [4.69, 9.17) is 9.47 Å². The smallest absolute Gasteiger partial charge is 0.243 e. The van der Waals surface area contributed by atoms with Crippen LogP contribution in [0.2, 0.25) is 0 Å². The molecule has 0 aliphatic carbocycles. The third-order valence-electron chi connectivity index (χ3n) is 3.65. The number of hydrogen-bond donors (Lipinski definition) is 0. The highest BCUT2D eigenvalue weighted by Crippen LogP contribution is 2.33. The Morgan fingerprint density at radius 1 is 1.15 bits per heavy atom. The van der Waals surface area contributed by atoms with E-state index < -0.39 is 10.0 Å². The molecule has 0 bridgehead atoms. The van der Waals surface area contributed by atoms with Gasteiger partial charge in [-0.2, -0.15) is 4.31 Å². The van der Waals surface area contributed by atoms with Crippen LogP contribution in [0.4, 0.5) is 0 Å². The maximum atomic E-state index is 12.6. The first kappa shape index (κ1) is 15.1. The van der Waals surface area contributed by atoms with E-state index in [2.05, 4.69) is 0 Å². The number of hydrogen-bond acceptors (Lipinski definition) is 4. The second-order valence-electron chi connectivity index (χ2n) is 4.80. The molecule has 1 heterocycles.